The van der Waals surface area contributed by atoms with E-state index in [4.69, 9.17) is 4.74 Å². The standard InChI is InChI=1S/C11H13NO4S/c1-16-9-3-2-6(4-8(9)13)10-12-7(5-17-10)11(14)15/h2-4,7,10,12-13H,5H2,1H3,(H,14,15)/t7-,10+/m0/s1. The number of thioether (sulfide) groups is 1. The largest absolute Gasteiger partial charge is 0.544 e. The van der Waals surface area contributed by atoms with Crippen LogP contribution in [-0.2, 0) is 4.79 Å². The van der Waals surface area contributed by atoms with E-state index in [0.717, 1.165) is 5.56 Å². The third kappa shape index (κ3) is 2.48. The van der Waals surface area contributed by atoms with Crippen molar-refractivity contribution in [1.82, 2.24) is 0 Å². The number of quaternary nitrogens is 1. The van der Waals surface area contributed by atoms with Crippen LogP contribution in [0.15, 0.2) is 18.2 Å². The van der Waals surface area contributed by atoms with E-state index in [2.05, 4.69) is 0 Å². The van der Waals surface area contributed by atoms with Crippen LogP contribution in [0.2, 0.25) is 0 Å². The number of phenolic OH excluding ortho intramolecular Hbond substituents is 1. The SMILES string of the molecule is COc1ccc([C@@H]2[NH2+][C@H](C(=O)[O-])CS2)cc1O. The van der Waals surface area contributed by atoms with Crippen molar-refractivity contribution in [3.63, 3.8) is 0 Å². The Bertz CT molecular complexity index is 437. The zero-order chi connectivity index (χ0) is 12.4. The van der Waals surface area contributed by atoms with Gasteiger partial charge in [0, 0.05) is 5.56 Å². The second kappa shape index (κ2) is 4.85. The molecule has 0 bridgehead atoms. The highest BCUT2D eigenvalue weighted by molar-refractivity contribution is 7.99. The molecule has 0 aromatic heterocycles. The lowest BCUT2D eigenvalue weighted by molar-refractivity contribution is -0.690. The van der Waals surface area contributed by atoms with Crippen molar-refractivity contribution in [2.45, 2.75) is 11.4 Å². The van der Waals surface area contributed by atoms with Crippen LogP contribution in [0.5, 0.6) is 11.5 Å². The molecule has 1 heterocycles. The van der Waals surface area contributed by atoms with Gasteiger partial charge in [-0.25, -0.2) is 0 Å². The van der Waals surface area contributed by atoms with Crippen molar-refractivity contribution in [2.24, 2.45) is 0 Å². The maximum absolute atomic E-state index is 10.7. The first-order valence-corrected chi connectivity index (χ1v) is 6.21. The Morgan fingerprint density at radius 2 is 2.41 bits per heavy atom. The minimum atomic E-state index is -1.04. The molecule has 92 valence electrons. The molecule has 1 aromatic rings. The highest BCUT2D eigenvalue weighted by Gasteiger charge is 2.31. The Morgan fingerprint density at radius 1 is 1.65 bits per heavy atom. The summed E-state index contributed by atoms with van der Waals surface area (Å²) < 4.78 is 4.95. The maximum atomic E-state index is 10.7. The van der Waals surface area contributed by atoms with E-state index in [1.54, 1.807) is 17.4 Å². The first kappa shape index (κ1) is 12.1. The van der Waals surface area contributed by atoms with Crippen LogP contribution >= 0.6 is 11.8 Å². The fourth-order valence-corrected chi connectivity index (χ4v) is 3.07. The van der Waals surface area contributed by atoms with Crippen molar-refractivity contribution in [1.29, 1.82) is 0 Å². The molecule has 2 rings (SSSR count). The molecule has 6 heteroatoms. The first-order valence-electron chi connectivity index (χ1n) is 5.16. The number of hydrogen-bond donors (Lipinski definition) is 2. The van der Waals surface area contributed by atoms with Gasteiger partial charge in [-0.2, -0.15) is 0 Å². The molecule has 0 spiro atoms. The number of phenols is 1. The quantitative estimate of drug-likeness (QED) is 0.710. The van der Waals surface area contributed by atoms with Crippen molar-refractivity contribution in [3.05, 3.63) is 23.8 Å². The summed E-state index contributed by atoms with van der Waals surface area (Å²) in [4.78, 5) is 10.7. The molecule has 1 aromatic carbocycles. The Morgan fingerprint density at radius 3 is 2.94 bits per heavy atom. The van der Waals surface area contributed by atoms with Crippen molar-refractivity contribution >= 4 is 17.7 Å². The van der Waals surface area contributed by atoms with Gasteiger partial charge in [0.2, 0.25) is 0 Å². The number of nitrogens with two attached hydrogens (primary N) is 1. The molecule has 5 nitrogen and oxygen atoms in total. The Kier molecular flexibility index (Phi) is 3.44. The molecule has 0 aliphatic carbocycles. The summed E-state index contributed by atoms with van der Waals surface area (Å²) in [6.45, 7) is 0. The fourth-order valence-electron chi connectivity index (χ4n) is 1.77. The number of aromatic hydroxyl groups is 1. The Hall–Kier alpha value is -1.40. The van der Waals surface area contributed by atoms with Crippen molar-refractivity contribution in [2.75, 3.05) is 12.9 Å². The van der Waals surface area contributed by atoms with Crippen LogP contribution in [0.4, 0.5) is 0 Å². The predicted molar refractivity (Wildman–Crippen MR) is 60.6 cm³/mol. The minimum Gasteiger partial charge on any atom is -0.544 e. The molecule has 1 aliphatic heterocycles. The molecule has 1 fully saturated rings. The third-order valence-electron chi connectivity index (χ3n) is 2.70. The van der Waals surface area contributed by atoms with Crippen LogP contribution in [0, 0.1) is 0 Å². The molecule has 1 aliphatic rings. The summed E-state index contributed by atoms with van der Waals surface area (Å²) in [5, 5.41) is 22.1. The van der Waals surface area contributed by atoms with Gasteiger partial charge in [-0.05, 0) is 18.2 Å². The fraction of sp³-hybridized carbons (Fsp3) is 0.364. The van der Waals surface area contributed by atoms with Crippen LogP contribution in [0.25, 0.3) is 0 Å². The number of methoxy groups -OCH3 is 1. The molecule has 2 atom stereocenters. The van der Waals surface area contributed by atoms with Gasteiger partial charge in [0.15, 0.2) is 16.9 Å². The van der Waals surface area contributed by atoms with Crippen molar-refractivity contribution < 1.29 is 25.1 Å². The number of benzene rings is 1. The van der Waals surface area contributed by atoms with E-state index in [0.29, 0.717) is 11.5 Å². The second-order valence-corrected chi connectivity index (χ2v) is 4.98. The highest BCUT2D eigenvalue weighted by atomic mass is 32.2. The summed E-state index contributed by atoms with van der Waals surface area (Å²) in [5.41, 5.74) is 0.872. The Labute approximate surface area is 103 Å². The summed E-state index contributed by atoms with van der Waals surface area (Å²) in [7, 11) is 1.48. The molecule has 0 radical (unpaired) electrons. The topological polar surface area (TPSA) is 86.2 Å². The van der Waals surface area contributed by atoms with Gasteiger partial charge in [-0.1, -0.05) is 11.8 Å². The zero-order valence-corrected chi connectivity index (χ0v) is 10.1. The molecule has 1 saturated heterocycles. The molecule has 3 N–H and O–H groups in total. The lowest BCUT2D eigenvalue weighted by Gasteiger charge is -2.12. The van der Waals surface area contributed by atoms with Gasteiger partial charge in [0.25, 0.3) is 0 Å². The van der Waals surface area contributed by atoms with Gasteiger partial charge in [-0.15, -0.1) is 0 Å². The van der Waals surface area contributed by atoms with Crippen molar-refractivity contribution in [3.8, 4) is 11.5 Å². The van der Waals surface area contributed by atoms with Gasteiger partial charge < -0.3 is 25.1 Å². The van der Waals surface area contributed by atoms with E-state index in [1.807, 2.05) is 6.07 Å². The number of rotatable bonds is 3. The maximum Gasteiger partial charge on any atom is 0.160 e. The van der Waals surface area contributed by atoms with Crippen LogP contribution in [-0.4, -0.2) is 30.0 Å². The third-order valence-corrected chi connectivity index (χ3v) is 4.04. The smallest absolute Gasteiger partial charge is 0.160 e. The monoisotopic (exact) mass is 255 g/mol. The molecule has 0 amide bonds. The van der Waals surface area contributed by atoms with Crippen LogP contribution in [0.3, 0.4) is 0 Å². The van der Waals surface area contributed by atoms with E-state index in [9.17, 15) is 15.0 Å². The van der Waals surface area contributed by atoms with Crippen LogP contribution in [0.1, 0.15) is 10.9 Å². The van der Waals surface area contributed by atoms with Crippen LogP contribution < -0.4 is 15.2 Å². The molecular weight excluding hydrogens is 242 g/mol. The van der Waals surface area contributed by atoms with E-state index >= 15 is 0 Å². The average molecular weight is 255 g/mol. The highest BCUT2D eigenvalue weighted by Crippen LogP contribution is 2.33. The number of ether oxygens (including phenoxy) is 1. The Balaban J connectivity index is 2.14. The molecule has 17 heavy (non-hydrogen) atoms. The van der Waals surface area contributed by atoms with E-state index < -0.39 is 12.0 Å². The number of aliphatic carboxylic acids is 1. The summed E-state index contributed by atoms with van der Waals surface area (Å²) in [6.07, 6.45) is 0. The lowest BCUT2D eigenvalue weighted by Crippen LogP contribution is -2.90. The number of hydrogen-bond acceptors (Lipinski definition) is 5. The zero-order valence-electron chi connectivity index (χ0n) is 9.25. The van der Waals surface area contributed by atoms with Gasteiger partial charge in [0.1, 0.15) is 12.0 Å². The first-order chi connectivity index (χ1) is 8.11. The summed E-state index contributed by atoms with van der Waals surface area (Å²) in [5.74, 6) is -0.0541. The number of carboxylic acid groups (broad SMARTS) is 1. The number of carboxylic acids is 1. The number of carbonyl (C=O) groups is 1. The summed E-state index contributed by atoms with van der Waals surface area (Å²) in [6, 6.07) is 4.58. The van der Waals surface area contributed by atoms with Gasteiger partial charge >= 0.3 is 0 Å². The molecule has 0 unspecified atom stereocenters. The summed E-state index contributed by atoms with van der Waals surface area (Å²) >= 11 is 1.53. The van der Waals surface area contributed by atoms with Gasteiger partial charge in [-0.3, -0.25) is 0 Å². The predicted octanol–water partition coefficient (Wildman–Crippen LogP) is -1.17. The van der Waals surface area contributed by atoms with E-state index in [1.165, 1.54) is 18.9 Å². The molecular formula is C11H13NO4S. The van der Waals surface area contributed by atoms with E-state index in [-0.39, 0.29) is 11.1 Å². The normalized spacial score (nSPS) is 23.6. The number of carbonyl (C=O) groups excluding carboxylic acids is 1. The second-order valence-electron chi connectivity index (χ2n) is 3.80. The lowest BCUT2D eigenvalue weighted by atomic mass is 10.2. The molecule has 0 saturated carbocycles. The minimum absolute atomic E-state index is 0.0188. The average Bonchev–Trinajstić information content (AvgIpc) is 2.78. The van der Waals surface area contributed by atoms with Gasteiger partial charge in [0.05, 0.1) is 12.9 Å².